The van der Waals surface area contributed by atoms with E-state index in [9.17, 15) is 13.2 Å². The van der Waals surface area contributed by atoms with Crippen LogP contribution in [0.2, 0.25) is 0 Å². The minimum absolute atomic E-state index is 0.334. The number of hydrogen-bond donors (Lipinski definition) is 0. The Morgan fingerprint density at radius 1 is 0.900 bits per heavy atom. The molecule has 0 radical (unpaired) electrons. The molecule has 20 heavy (non-hydrogen) atoms. The van der Waals surface area contributed by atoms with E-state index in [0.717, 1.165) is 28.8 Å². The summed E-state index contributed by atoms with van der Waals surface area (Å²) in [6.07, 6.45) is 0. The SMILES string of the molecule is Fc1cc(C(Br)c2ccc3c(c2)COC3)cc(F)c1F. The zero-order chi connectivity index (χ0) is 14.3. The smallest absolute Gasteiger partial charge is 0.194 e. The lowest BCUT2D eigenvalue weighted by Gasteiger charge is -2.13. The van der Waals surface area contributed by atoms with E-state index in [-0.39, 0.29) is 0 Å². The highest BCUT2D eigenvalue weighted by Crippen LogP contribution is 2.34. The third kappa shape index (κ3) is 2.36. The van der Waals surface area contributed by atoms with Crippen molar-refractivity contribution in [2.24, 2.45) is 0 Å². The van der Waals surface area contributed by atoms with Crippen molar-refractivity contribution in [2.45, 2.75) is 18.0 Å². The van der Waals surface area contributed by atoms with Crippen LogP contribution in [0, 0.1) is 17.5 Å². The fourth-order valence-corrected chi connectivity index (χ4v) is 2.81. The van der Waals surface area contributed by atoms with Crippen LogP contribution in [0.1, 0.15) is 27.1 Å². The summed E-state index contributed by atoms with van der Waals surface area (Å²) in [5.74, 6) is -3.82. The Bertz CT molecular complexity index is 649. The lowest BCUT2D eigenvalue weighted by Crippen LogP contribution is -1.99. The van der Waals surface area contributed by atoms with E-state index < -0.39 is 22.3 Å². The molecule has 1 atom stereocenters. The topological polar surface area (TPSA) is 9.23 Å². The van der Waals surface area contributed by atoms with Gasteiger partial charge in [0.15, 0.2) is 17.5 Å². The van der Waals surface area contributed by atoms with Crippen molar-refractivity contribution in [3.8, 4) is 0 Å². The third-order valence-corrected chi connectivity index (χ3v) is 4.39. The number of halogens is 4. The van der Waals surface area contributed by atoms with Gasteiger partial charge in [0.25, 0.3) is 0 Å². The highest BCUT2D eigenvalue weighted by molar-refractivity contribution is 9.09. The Hall–Kier alpha value is -1.33. The quantitative estimate of drug-likeness (QED) is 0.571. The first-order valence-corrected chi connectivity index (χ1v) is 6.96. The largest absolute Gasteiger partial charge is 0.372 e. The average Bonchev–Trinajstić information content (AvgIpc) is 2.90. The van der Waals surface area contributed by atoms with E-state index in [4.69, 9.17) is 4.74 Å². The van der Waals surface area contributed by atoms with Crippen LogP contribution >= 0.6 is 15.9 Å². The predicted molar refractivity (Wildman–Crippen MR) is 72.0 cm³/mol. The van der Waals surface area contributed by atoms with E-state index in [1.54, 1.807) is 0 Å². The number of hydrogen-bond acceptors (Lipinski definition) is 1. The number of rotatable bonds is 2. The molecular weight excluding hydrogens is 333 g/mol. The Morgan fingerprint density at radius 3 is 2.25 bits per heavy atom. The molecule has 0 N–H and O–H groups in total. The molecule has 2 aromatic carbocycles. The maximum atomic E-state index is 13.3. The minimum Gasteiger partial charge on any atom is -0.372 e. The van der Waals surface area contributed by atoms with E-state index in [1.807, 2.05) is 18.2 Å². The fraction of sp³-hybridized carbons (Fsp3) is 0.200. The average molecular weight is 343 g/mol. The number of ether oxygens (including phenoxy) is 1. The van der Waals surface area contributed by atoms with Gasteiger partial charge < -0.3 is 4.74 Å². The fourth-order valence-electron chi connectivity index (χ4n) is 2.26. The van der Waals surface area contributed by atoms with Gasteiger partial charge in [-0.2, -0.15) is 0 Å². The summed E-state index contributed by atoms with van der Waals surface area (Å²) in [5, 5.41) is 0. The molecule has 0 amide bonds. The zero-order valence-corrected chi connectivity index (χ0v) is 11.9. The van der Waals surface area contributed by atoms with Gasteiger partial charge in [-0.05, 0) is 34.4 Å². The molecule has 0 spiro atoms. The maximum Gasteiger partial charge on any atom is 0.194 e. The molecule has 0 fully saturated rings. The van der Waals surface area contributed by atoms with Crippen molar-refractivity contribution in [3.63, 3.8) is 0 Å². The van der Waals surface area contributed by atoms with E-state index in [2.05, 4.69) is 15.9 Å². The summed E-state index contributed by atoms with van der Waals surface area (Å²) in [7, 11) is 0. The van der Waals surface area contributed by atoms with Gasteiger partial charge in [-0.15, -0.1) is 0 Å². The van der Waals surface area contributed by atoms with Crippen LogP contribution in [0.25, 0.3) is 0 Å². The van der Waals surface area contributed by atoms with Crippen LogP contribution in [0.15, 0.2) is 30.3 Å². The van der Waals surface area contributed by atoms with Gasteiger partial charge in [0.05, 0.1) is 18.0 Å². The van der Waals surface area contributed by atoms with Crippen LogP contribution in [-0.2, 0) is 18.0 Å². The van der Waals surface area contributed by atoms with Gasteiger partial charge in [0.1, 0.15) is 0 Å². The van der Waals surface area contributed by atoms with Gasteiger partial charge in [0, 0.05) is 0 Å². The van der Waals surface area contributed by atoms with Gasteiger partial charge in [-0.25, -0.2) is 13.2 Å². The van der Waals surface area contributed by atoms with Crippen LogP contribution in [0.3, 0.4) is 0 Å². The van der Waals surface area contributed by atoms with E-state index >= 15 is 0 Å². The summed E-state index contributed by atoms with van der Waals surface area (Å²) < 4.78 is 44.9. The monoisotopic (exact) mass is 342 g/mol. The minimum atomic E-state index is -1.45. The van der Waals surface area contributed by atoms with Crippen molar-refractivity contribution in [3.05, 3.63) is 70.0 Å². The molecule has 104 valence electrons. The molecule has 2 aromatic rings. The Labute approximate surface area is 122 Å². The summed E-state index contributed by atoms with van der Waals surface area (Å²) in [6, 6.07) is 7.73. The molecule has 0 aromatic heterocycles. The molecule has 5 heteroatoms. The summed E-state index contributed by atoms with van der Waals surface area (Å²) >= 11 is 3.40. The van der Waals surface area contributed by atoms with Gasteiger partial charge in [-0.3, -0.25) is 0 Å². The molecular formula is C15H10BrF3O. The highest BCUT2D eigenvalue weighted by Gasteiger charge is 2.19. The standard InChI is InChI=1S/C15H10BrF3O/c16-14(10-4-12(17)15(19)13(18)5-10)8-1-2-9-6-20-7-11(9)3-8/h1-5,14H,6-7H2. The van der Waals surface area contributed by atoms with E-state index in [0.29, 0.717) is 18.8 Å². The second-order valence-corrected chi connectivity index (χ2v) is 5.60. The second-order valence-electron chi connectivity index (χ2n) is 4.68. The normalized spacial score (nSPS) is 15.2. The molecule has 0 bridgehead atoms. The lowest BCUT2D eigenvalue weighted by atomic mass is 10.00. The van der Waals surface area contributed by atoms with Crippen molar-refractivity contribution in [1.82, 2.24) is 0 Å². The highest BCUT2D eigenvalue weighted by atomic mass is 79.9. The summed E-state index contributed by atoms with van der Waals surface area (Å²) in [4.78, 5) is -0.405. The molecule has 0 saturated carbocycles. The number of alkyl halides is 1. The van der Waals surface area contributed by atoms with Gasteiger partial charge in [0.2, 0.25) is 0 Å². The molecule has 3 rings (SSSR count). The first kappa shape index (κ1) is 13.6. The number of fused-ring (bicyclic) bond motifs is 1. The van der Waals surface area contributed by atoms with Crippen molar-refractivity contribution in [2.75, 3.05) is 0 Å². The van der Waals surface area contributed by atoms with Crippen LogP contribution in [0.4, 0.5) is 13.2 Å². The zero-order valence-electron chi connectivity index (χ0n) is 10.3. The maximum absolute atomic E-state index is 13.3. The van der Waals surface area contributed by atoms with E-state index in [1.165, 1.54) is 0 Å². The van der Waals surface area contributed by atoms with Crippen LogP contribution in [0.5, 0.6) is 0 Å². The molecule has 0 saturated heterocycles. The van der Waals surface area contributed by atoms with Gasteiger partial charge >= 0.3 is 0 Å². The number of benzene rings is 2. The van der Waals surface area contributed by atoms with Gasteiger partial charge in [-0.1, -0.05) is 34.1 Å². The molecule has 0 aliphatic carbocycles. The predicted octanol–water partition coefficient (Wildman–Crippen LogP) is 4.62. The molecule has 1 unspecified atom stereocenters. The Morgan fingerprint density at radius 2 is 1.55 bits per heavy atom. The molecule has 1 nitrogen and oxygen atoms in total. The summed E-state index contributed by atoms with van der Waals surface area (Å²) in [5.41, 5.74) is 3.36. The molecule has 1 aliphatic rings. The van der Waals surface area contributed by atoms with Crippen molar-refractivity contribution < 1.29 is 17.9 Å². The summed E-state index contributed by atoms with van der Waals surface area (Å²) in [6.45, 7) is 1.12. The second kappa shape index (κ2) is 5.22. The lowest BCUT2D eigenvalue weighted by molar-refractivity contribution is 0.134. The first-order chi connectivity index (χ1) is 9.56. The Balaban J connectivity index is 1.98. The molecule has 1 heterocycles. The molecule has 1 aliphatic heterocycles. The first-order valence-electron chi connectivity index (χ1n) is 6.04. The Kier molecular flexibility index (Phi) is 3.56. The van der Waals surface area contributed by atoms with Crippen LogP contribution < -0.4 is 0 Å². The van der Waals surface area contributed by atoms with Crippen molar-refractivity contribution in [1.29, 1.82) is 0 Å². The van der Waals surface area contributed by atoms with Crippen molar-refractivity contribution >= 4 is 15.9 Å². The van der Waals surface area contributed by atoms with Crippen LogP contribution in [-0.4, -0.2) is 0 Å². The third-order valence-electron chi connectivity index (χ3n) is 3.34.